The van der Waals surface area contributed by atoms with Gasteiger partial charge in [-0.2, -0.15) is 0 Å². The van der Waals surface area contributed by atoms with Crippen LogP contribution in [-0.2, 0) is 19.1 Å². The molecule has 0 N–H and O–H groups in total. The molecule has 2 atom stereocenters. The number of hydrogen-bond donors (Lipinski definition) is 0. The molecule has 0 aromatic rings. The molecule has 94 valence electrons. The van der Waals surface area contributed by atoms with E-state index in [0.29, 0.717) is 19.4 Å². The van der Waals surface area contributed by atoms with Crippen LogP contribution in [0.3, 0.4) is 0 Å². The molecular weight excluding hydrogens is 228 g/mol. The van der Waals surface area contributed by atoms with Gasteiger partial charge in [0.15, 0.2) is 0 Å². The van der Waals surface area contributed by atoms with Crippen molar-refractivity contribution in [1.82, 2.24) is 4.90 Å². The predicted octanol–water partition coefficient (Wildman–Crippen LogP) is 0.0856. The van der Waals surface area contributed by atoms with Gasteiger partial charge in [0.05, 0.1) is 13.7 Å². The topological polar surface area (TPSA) is 105 Å². The van der Waals surface area contributed by atoms with Crippen molar-refractivity contribution in [3.8, 4) is 0 Å². The number of esters is 1. The first-order chi connectivity index (χ1) is 8.21. The number of nitrogens with zero attached hydrogens (tertiary/aromatic N) is 4. The van der Waals surface area contributed by atoms with Gasteiger partial charge in [0.25, 0.3) is 6.47 Å². The van der Waals surface area contributed by atoms with Crippen LogP contribution in [0.15, 0.2) is 5.11 Å². The Kier molecular flexibility index (Phi) is 5.25. The van der Waals surface area contributed by atoms with E-state index < -0.39 is 0 Å². The average Bonchev–Trinajstić information content (AvgIpc) is 2.69. The highest BCUT2D eigenvalue weighted by molar-refractivity contribution is 5.71. The molecule has 1 fully saturated rings. The van der Waals surface area contributed by atoms with E-state index in [-0.39, 0.29) is 31.2 Å². The molecule has 0 saturated carbocycles. The Bertz CT molecular complexity index is 329. The summed E-state index contributed by atoms with van der Waals surface area (Å²) in [4.78, 5) is 25.9. The highest BCUT2D eigenvalue weighted by atomic mass is 16.5. The zero-order valence-corrected chi connectivity index (χ0v) is 9.48. The Morgan fingerprint density at radius 3 is 3.06 bits per heavy atom. The molecule has 1 saturated heterocycles. The van der Waals surface area contributed by atoms with Crippen molar-refractivity contribution in [3.05, 3.63) is 10.4 Å². The lowest BCUT2D eigenvalue weighted by molar-refractivity contribution is -0.142. The summed E-state index contributed by atoms with van der Waals surface area (Å²) in [5, 5.41) is 3.47. The van der Waals surface area contributed by atoms with Crippen LogP contribution in [0, 0.1) is 0 Å². The van der Waals surface area contributed by atoms with E-state index in [1.165, 1.54) is 7.11 Å². The minimum absolute atomic E-state index is 0.0980. The molecule has 1 rings (SSSR count). The van der Waals surface area contributed by atoms with Gasteiger partial charge in [0.1, 0.15) is 6.10 Å². The maximum Gasteiger partial charge on any atom is 0.319 e. The smallest absolute Gasteiger partial charge is 0.319 e. The summed E-state index contributed by atoms with van der Waals surface area (Å²) in [5.74, 6) is -0.373. The molecule has 0 aliphatic carbocycles. The molecule has 0 spiro atoms. The fraction of sp³-hybridized carbons (Fsp3) is 0.778. The monoisotopic (exact) mass is 242 g/mol. The van der Waals surface area contributed by atoms with Gasteiger partial charge >= 0.3 is 5.97 Å². The molecule has 0 aromatic carbocycles. The van der Waals surface area contributed by atoms with E-state index in [9.17, 15) is 9.59 Å². The molecule has 0 radical (unpaired) electrons. The number of carbonyl (C=O) groups excluding carboxylic acids is 2. The van der Waals surface area contributed by atoms with Crippen LogP contribution >= 0.6 is 0 Å². The third-order valence-electron chi connectivity index (χ3n) is 2.65. The Morgan fingerprint density at radius 1 is 1.71 bits per heavy atom. The van der Waals surface area contributed by atoms with Crippen LogP contribution in [0.1, 0.15) is 6.42 Å². The molecule has 1 aliphatic heterocycles. The van der Waals surface area contributed by atoms with E-state index in [2.05, 4.69) is 14.8 Å². The summed E-state index contributed by atoms with van der Waals surface area (Å²) >= 11 is 0. The fourth-order valence-corrected chi connectivity index (χ4v) is 1.86. The van der Waals surface area contributed by atoms with Crippen LogP contribution in [0.4, 0.5) is 0 Å². The second kappa shape index (κ2) is 6.72. The lowest BCUT2D eigenvalue weighted by Crippen LogP contribution is -2.36. The molecule has 8 heteroatoms. The number of azide groups is 1. The standard InChI is InChI=1S/C9H14N4O4/c1-16-9(15)5-13-4-8(17-6-14)2-7(13)3-11-12-10/h6-8H,2-5H2,1H3/t7-,8+/m1/s1. The molecular formula is C9H14N4O4. The summed E-state index contributed by atoms with van der Waals surface area (Å²) < 4.78 is 9.42. The summed E-state index contributed by atoms with van der Waals surface area (Å²) in [6.07, 6.45) is 0.283. The van der Waals surface area contributed by atoms with Gasteiger partial charge in [-0.1, -0.05) is 5.11 Å². The Labute approximate surface area is 98.1 Å². The number of rotatable bonds is 6. The van der Waals surface area contributed by atoms with Gasteiger partial charge < -0.3 is 9.47 Å². The SMILES string of the molecule is COC(=O)CN1C[C@@H](OC=O)C[C@@H]1CN=[N+]=[N-]. The van der Waals surface area contributed by atoms with E-state index in [4.69, 9.17) is 10.3 Å². The largest absolute Gasteiger partial charge is 0.468 e. The Balaban J connectivity index is 2.58. The quantitative estimate of drug-likeness (QED) is 0.216. The summed E-state index contributed by atoms with van der Waals surface area (Å²) in [6, 6.07) is -0.102. The Hall–Kier alpha value is -1.79. The first kappa shape index (κ1) is 13.3. The van der Waals surface area contributed by atoms with E-state index >= 15 is 0 Å². The molecule has 8 nitrogen and oxygen atoms in total. The third-order valence-corrected chi connectivity index (χ3v) is 2.65. The normalized spacial score (nSPS) is 23.8. The van der Waals surface area contributed by atoms with E-state index in [1.54, 1.807) is 4.90 Å². The van der Waals surface area contributed by atoms with E-state index in [0.717, 1.165) is 0 Å². The van der Waals surface area contributed by atoms with Gasteiger partial charge in [-0.25, -0.2) is 0 Å². The molecule has 1 aliphatic rings. The van der Waals surface area contributed by atoms with Gasteiger partial charge in [-0.3, -0.25) is 14.5 Å². The number of methoxy groups -OCH3 is 1. The molecule has 17 heavy (non-hydrogen) atoms. The first-order valence-electron chi connectivity index (χ1n) is 5.12. The van der Waals surface area contributed by atoms with Crippen molar-refractivity contribution in [1.29, 1.82) is 0 Å². The minimum Gasteiger partial charge on any atom is -0.468 e. The van der Waals surface area contributed by atoms with Crippen molar-refractivity contribution >= 4 is 12.4 Å². The molecule has 0 amide bonds. The van der Waals surface area contributed by atoms with Crippen LogP contribution in [-0.4, -0.2) is 56.2 Å². The highest BCUT2D eigenvalue weighted by Crippen LogP contribution is 2.20. The lowest BCUT2D eigenvalue weighted by atomic mass is 10.2. The van der Waals surface area contributed by atoms with Gasteiger partial charge in [0, 0.05) is 30.5 Å². The fourth-order valence-electron chi connectivity index (χ4n) is 1.86. The average molecular weight is 242 g/mol. The summed E-state index contributed by atoms with van der Waals surface area (Å²) in [5.41, 5.74) is 8.27. The summed E-state index contributed by atoms with van der Waals surface area (Å²) in [7, 11) is 1.31. The molecule has 0 aromatic heterocycles. The minimum atomic E-state index is -0.373. The molecule has 1 heterocycles. The number of carbonyl (C=O) groups is 2. The lowest BCUT2D eigenvalue weighted by Gasteiger charge is -2.20. The number of hydrogen-bond acceptors (Lipinski definition) is 6. The first-order valence-corrected chi connectivity index (χ1v) is 5.12. The van der Waals surface area contributed by atoms with Crippen molar-refractivity contribution in [2.75, 3.05) is 26.7 Å². The van der Waals surface area contributed by atoms with Crippen LogP contribution in [0.5, 0.6) is 0 Å². The number of ether oxygens (including phenoxy) is 2. The Morgan fingerprint density at radius 2 is 2.47 bits per heavy atom. The third kappa shape index (κ3) is 3.93. The predicted molar refractivity (Wildman–Crippen MR) is 56.9 cm³/mol. The van der Waals surface area contributed by atoms with Crippen molar-refractivity contribution < 1.29 is 19.1 Å². The van der Waals surface area contributed by atoms with Crippen LogP contribution < -0.4 is 0 Å². The van der Waals surface area contributed by atoms with Crippen molar-refractivity contribution in [2.24, 2.45) is 5.11 Å². The van der Waals surface area contributed by atoms with Gasteiger partial charge in [0.2, 0.25) is 0 Å². The summed E-state index contributed by atoms with van der Waals surface area (Å²) in [6.45, 7) is 1.17. The number of likely N-dealkylation sites (tertiary alicyclic amines) is 1. The van der Waals surface area contributed by atoms with Crippen molar-refractivity contribution in [2.45, 2.75) is 18.6 Å². The second-order valence-corrected chi connectivity index (χ2v) is 3.66. The molecule has 0 bridgehead atoms. The zero-order valence-electron chi connectivity index (χ0n) is 9.48. The van der Waals surface area contributed by atoms with Crippen molar-refractivity contribution in [3.63, 3.8) is 0 Å². The maximum atomic E-state index is 11.2. The molecule has 0 unspecified atom stereocenters. The van der Waals surface area contributed by atoms with Crippen LogP contribution in [0.2, 0.25) is 0 Å². The van der Waals surface area contributed by atoms with Crippen LogP contribution in [0.25, 0.3) is 10.4 Å². The van der Waals surface area contributed by atoms with E-state index in [1.807, 2.05) is 0 Å². The van der Waals surface area contributed by atoms with Gasteiger partial charge in [-0.05, 0) is 5.53 Å². The van der Waals surface area contributed by atoms with Gasteiger partial charge in [-0.15, -0.1) is 0 Å². The zero-order chi connectivity index (χ0) is 12.7. The second-order valence-electron chi connectivity index (χ2n) is 3.66. The maximum absolute atomic E-state index is 11.2. The highest BCUT2D eigenvalue weighted by Gasteiger charge is 2.33.